The molecule has 4 heteroatoms. The molecule has 0 bridgehead atoms. The summed E-state index contributed by atoms with van der Waals surface area (Å²) in [5, 5.41) is 12.6. The molecule has 1 unspecified atom stereocenters. The molecule has 2 aliphatic rings. The molecule has 2 fully saturated rings. The molecule has 15 heavy (non-hydrogen) atoms. The molecule has 0 radical (unpaired) electrons. The SMILES string of the molecule is CC(C(=O)N1CCC(O)CC1)C1CNC1. The minimum absolute atomic E-state index is 0.140. The zero-order chi connectivity index (χ0) is 10.8. The zero-order valence-electron chi connectivity index (χ0n) is 9.28. The number of amides is 1. The smallest absolute Gasteiger partial charge is 0.225 e. The molecule has 2 heterocycles. The first-order valence-electron chi connectivity index (χ1n) is 5.86. The van der Waals surface area contributed by atoms with Gasteiger partial charge >= 0.3 is 0 Å². The Kier molecular flexibility index (Phi) is 3.26. The van der Waals surface area contributed by atoms with E-state index < -0.39 is 0 Å². The van der Waals surface area contributed by atoms with Crippen LogP contribution in [0.25, 0.3) is 0 Å². The van der Waals surface area contributed by atoms with Crippen molar-refractivity contribution in [1.29, 1.82) is 0 Å². The average Bonchev–Trinajstić information content (AvgIpc) is 2.15. The summed E-state index contributed by atoms with van der Waals surface area (Å²) in [7, 11) is 0. The topological polar surface area (TPSA) is 52.6 Å². The molecule has 2 N–H and O–H groups in total. The van der Waals surface area contributed by atoms with E-state index in [2.05, 4.69) is 5.32 Å². The fraction of sp³-hybridized carbons (Fsp3) is 0.909. The van der Waals surface area contributed by atoms with E-state index in [1.54, 1.807) is 0 Å². The van der Waals surface area contributed by atoms with E-state index in [9.17, 15) is 9.90 Å². The van der Waals surface area contributed by atoms with Crippen LogP contribution in [0.4, 0.5) is 0 Å². The molecule has 2 rings (SSSR count). The lowest BCUT2D eigenvalue weighted by Crippen LogP contribution is -2.51. The summed E-state index contributed by atoms with van der Waals surface area (Å²) in [5.74, 6) is 0.930. The third-order valence-corrected chi connectivity index (χ3v) is 3.69. The van der Waals surface area contributed by atoms with E-state index in [1.165, 1.54) is 0 Å². The normalized spacial score (nSPS) is 26.1. The highest BCUT2D eigenvalue weighted by atomic mass is 16.3. The van der Waals surface area contributed by atoms with Gasteiger partial charge in [0.2, 0.25) is 5.91 Å². The molecule has 4 nitrogen and oxygen atoms in total. The second-order valence-electron chi connectivity index (χ2n) is 4.76. The predicted molar refractivity (Wildman–Crippen MR) is 57.3 cm³/mol. The number of aliphatic hydroxyl groups is 1. The predicted octanol–water partition coefficient (Wildman–Crippen LogP) is -0.175. The third kappa shape index (κ3) is 2.32. The van der Waals surface area contributed by atoms with Crippen molar-refractivity contribution in [2.24, 2.45) is 11.8 Å². The standard InChI is InChI=1S/C11H20N2O2/c1-8(9-6-12-7-9)11(15)13-4-2-10(14)3-5-13/h8-10,12,14H,2-7H2,1H3. The molecule has 0 aromatic carbocycles. The van der Waals surface area contributed by atoms with Gasteiger partial charge in [-0.1, -0.05) is 6.92 Å². The van der Waals surface area contributed by atoms with Crippen LogP contribution >= 0.6 is 0 Å². The number of aliphatic hydroxyl groups excluding tert-OH is 1. The number of likely N-dealkylation sites (tertiary alicyclic amines) is 1. The van der Waals surface area contributed by atoms with E-state index in [0.717, 1.165) is 39.0 Å². The van der Waals surface area contributed by atoms with Gasteiger partial charge in [0, 0.05) is 19.0 Å². The summed E-state index contributed by atoms with van der Waals surface area (Å²) in [5.41, 5.74) is 0. The third-order valence-electron chi connectivity index (χ3n) is 3.69. The number of hydrogen-bond acceptors (Lipinski definition) is 3. The van der Waals surface area contributed by atoms with Crippen LogP contribution in [0.5, 0.6) is 0 Å². The maximum Gasteiger partial charge on any atom is 0.225 e. The molecule has 2 aliphatic heterocycles. The van der Waals surface area contributed by atoms with Gasteiger partial charge in [0.15, 0.2) is 0 Å². The number of carbonyl (C=O) groups is 1. The summed E-state index contributed by atoms with van der Waals surface area (Å²) in [6.45, 7) is 5.43. The molecule has 2 saturated heterocycles. The quantitative estimate of drug-likeness (QED) is 0.668. The van der Waals surface area contributed by atoms with Crippen molar-refractivity contribution >= 4 is 5.91 Å². The molecule has 1 atom stereocenters. The second kappa shape index (κ2) is 4.49. The lowest BCUT2D eigenvalue weighted by atomic mass is 9.87. The fourth-order valence-electron chi connectivity index (χ4n) is 2.24. The number of carbonyl (C=O) groups excluding carboxylic acids is 1. The van der Waals surface area contributed by atoms with Crippen LogP contribution in [-0.2, 0) is 4.79 Å². The van der Waals surface area contributed by atoms with Crippen LogP contribution in [0.2, 0.25) is 0 Å². The van der Waals surface area contributed by atoms with Gasteiger partial charge in [0.1, 0.15) is 0 Å². The van der Waals surface area contributed by atoms with E-state index in [0.29, 0.717) is 5.92 Å². The molecular formula is C11H20N2O2. The van der Waals surface area contributed by atoms with Gasteiger partial charge < -0.3 is 15.3 Å². The van der Waals surface area contributed by atoms with Crippen molar-refractivity contribution < 1.29 is 9.90 Å². The highest BCUT2D eigenvalue weighted by Crippen LogP contribution is 2.20. The van der Waals surface area contributed by atoms with Crippen LogP contribution in [0.15, 0.2) is 0 Å². The van der Waals surface area contributed by atoms with Crippen molar-refractivity contribution in [1.82, 2.24) is 10.2 Å². The van der Waals surface area contributed by atoms with Crippen molar-refractivity contribution in [3.8, 4) is 0 Å². The van der Waals surface area contributed by atoms with Crippen LogP contribution in [0.3, 0.4) is 0 Å². The Balaban J connectivity index is 1.84. The first-order valence-corrected chi connectivity index (χ1v) is 5.86. The second-order valence-corrected chi connectivity index (χ2v) is 4.76. The van der Waals surface area contributed by atoms with Crippen LogP contribution in [0, 0.1) is 11.8 Å². The van der Waals surface area contributed by atoms with Gasteiger partial charge in [0.25, 0.3) is 0 Å². The number of hydrogen-bond donors (Lipinski definition) is 2. The van der Waals surface area contributed by atoms with Crippen LogP contribution in [0.1, 0.15) is 19.8 Å². The molecule has 1 amide bonds. The van der Waals surface area contributed by atoms with Crippen LogP contribution < -0.4 is 5.32 Å². The number of rotatable bonds is 2. The van der Waals surface area contributed by atoms with Gasteiger partial charge in [-0.3, -0.25) is 4.79 Å². The Bertz CT molecular complexity index is 233. The minimum Gasteiger partial charge on any atom is -0.393 e. The molecule has 0 aromatic heterocycles. The van der Waals surface area contributed by atoms with Gasteiger partial charge in [-0.25, -0.2) is 0 Å². The Morgan fingerprint density at radius 1 is 1.40 bits per heavy atom. The first-order chi connectivity index (χ1) is 7.18. The molecule has 0 aromatic rings. The van der Waals surface area contributed by atoms with Gasteiger partial charge in [-0.2, -0.15) is 0 Å². The molecule has 86 valence electrons. The van der Waals surface area contributed by atoms with Crippen LogP contribution in [-0.4, -0.2) is 48.2 Å². The van der Waals surface area contributed by atoms with E-state index in [1.807, 2.05) is 11.8 Å². The lowest BCUT2D eigenvalue weighted by Gasteiger charge is -2.37. The first kappa shape index (κ1) is 10.9. The molecule has 0 aliphatic carbocycles. The summed E-state index contributed by atoms with van der Waals surface area (Å²) in [4.78, 5) is 14.0. The Morgan fingerprint density at radius 2 is 2.00 bits per heavy atom. The van der Waals surface area contributed by atoms with Gasteiger partial charge in [-0.05, 0) is 31.8 Å². The summed E-state index contributed by atoms with van der Waals surface area (Å²) < 4.78 is 0. The van der Waals surface area contributed by atoms with Gasteiger partial charge in [-0.15, -0.1) is 0 Å². The van der Waals surface area contributed by atoms with Crippen molar-refractivity contribution in [3.05, 3.63) is 0 Å². The summed E-state index contributed by atoms with van der Waals surface area (Å²) >= 11 is 0. The maximum absolute atomic E-state index is 12.1. The van der Waals surface area contributed by atoms with Crippen molar-refractivity contribution in [3.63, 3.8) is 0 Å². The number of nitrogens with one attached hydrogen (secondary N) is 1. The summed E-state index contributed by atoms with van der Waals surface area (Å²) in [6.07, 6.45) is 1.28. The zero-order valence-corrected chi connectivity index (χ0v) is 9.28. The summed E-state index contributed by atoms with van der Waals surface area (Å²) in [6, 6.07) is 0. The average molecular weight is 212 g/mol. The Labute approximate surface area is 90.6 Å². The minimum atomic E-state index is -0.199. The largest absolute Gasteiger partial charge is 0.393 e. The van der Waals surface area contributed by atoms with E-state index >= 15 is 0 Å². The molecular weight excluding hydrogens is 192 g/mol. The molecule has 0 spiro atoms. The van der Waals surface area contributed by atoms with E-state index in [-0.39, 0.29) is 17.9 Å². The Hall–Kier alpha value is -0.610. The Morgan fingerprint density at radius 3 is 2.47 bits per heavy atom. The van der Waals surface area contributed by atoms with Gasteiger partial charge in [0.05, 0.1) is 6.10 Å². The highest BCUT2D eigenvalue weighted by Gasteiger charge is 2.32. The monoisotopic (exact) mass is 212 g/mol. The maximum atomic E-state index is 12.1. The highest BCUT2D eigenvalue weighted by molar-refractivity contribution is 5.79. The lowest BCUT2D eigenvalue weighted by molar-refractivity contribution is -0.139. The number of piperidine rings is 1. The van der Waals surface area contributed by atoms with Crippen molar-refractivity contribution in [2.45, 2.75) is 25.9 Å². The molecule has 0 saturated carbocycles. The van der Waals surface area contributed by atoms with Crippen molar-refractivity contribution in [2.75, 3.05) is 26.2 Å². The van der Waals surface area contributed by atoms with E-state index in [4.69, 9.17) is 0 Å². The fourth-order valence-corrected chi connectivity index (χ4v) is 2.24. The number of nitrogens with zero attached hydrogens (tertiary/aromatic N) is 1.